The molecule has 0 aliphatic rings. The van der Waals surface area contributed by atoms with Crippen LogP contribution < -0.4 is 10.1 Å². The van der Waals surface area contributed by atoms with E-state index in [9.17, 15) is 4.79 Å². The monoisotopic (exact) mass is 415 g/mol. The van der Waals surface area contributed by atoms with Gasteiger partial charge in [-0.15, -0.1) is 10.2 Å². The summed E-state index contributed by atoms with van der Waals surface area (Å²) in [7, 11) is 0. The lowest BCUT2D eigenvalue weighted by Crippen LogP contribution is -2.14. The highest BCUT2D eigenvalue weighted by atomic mass is 32.2. The van der Waals surface area contributed by atoms with Crippen LogP contribution in [0.2, 0.25) is 0 Å². The van der Waals surface area contributed by atoms with E-state index in [1.165, 1.54) is 11.8 Å². The van der Waals surface area contributed by atoms with E-state index in [1.807, 2.05) is 53.1 Å². The molecule has 0 bridgehead atoms. The lowest BCUT2D eigenvalue weighted by Gasteiger charge is -2.09. The van der Waals surface area contributed by atoms with Crippen LogP contribution in [0.3, 0.4) is 0 Å². The minimum Gasteiger partial charge on any atom is -0.489 e. The molecule has 0 saturated carbocycles. The zero-order valence-corrected chi connectivity index (χ0v) is 16.7. The van der Waals surface area contributed by atoms with Gasteiger partial charge in [-0.1, -0.05) is 36.0 Å². The van der Waals surface area contributed by atoms with Gasteiger partial charge in [0.05, 0.1) is 17.4 Å². The van der Waals surface area contributed by atoms with Gasteiger partial charge in [0.2, 0.25) is 5.91 Å². The zero-order chi connectivity index (χ0) is 20.8. The second-order valence-corrected chi connectivity index (χ2v) is 7.32. The summed E-state index contributed by atoms with van der Waals surface area (Å²) in [5, 5.41) is 20.7. The van der Waals surface area contributed by atoms with Crippen LogP contribution in [0.5, 0.6) is 5.75 Å². The Bertz CT molecular complexity index is 1230. The van der Waals surface area contributed by atoms with Crippen molar-refractivity contribution in [3.8, 4) is 11.8 Å². The number of ether oxygens (including phenoxy) is 1. The van der Waals surface area contributed by atoms with Gasteiger partial charge in [0.25, 0.3) is 0 Å². The number of aromatic nitrogens is 3. The van der Waals surface area contributed by atoms with Crippen molar-refractivity contribution >= 4 is 29.0 Å². The van der Waals surface area contributed by atoms with E-state index in [0.29, 0.717) is 28.8 Å². The van der Waals surface area contributed by atoms with Gasteiger partial charge < -0.3 is 10.1 Å². The van der Waals surface area contributed by atoms with E-state index in [4.69, 9.17) is 10.00 Å². The molecule has 30 heavy (non-hydrogen) atoms. The van der Waals surface area contributed by atoms with Gasteiger partial charge in [-0.3, -0.25) is 9.20 Å². The maximum absolute atomic E-state index is 12.3. The topological polar surface area (TPSA) is 92.3 Å². The molecule has 2 aromatic carbocycles. The summed E-state index contributed by atoms with van der Waals surface area (Å²) >= 11 is 1.32. The van der Waals surface area contributed by atoms with Crippen molar-refractivity contribution in [3.63, 3.8) is 0 Å². The van der Waals surface area contributed by atoms with E-state index in [1.54, 1.807) is 24.3 Å². The van der Waals surface area contributed by atoms with Crippen LogP contribution in [-0.2, 0) is 11.4 Å². The third-order valence-electron chi connectivity index (χ3n) is 4.19. The summed E-state index contributed by atoms with van der Waals surface area (Å²) in [5.74, 6) is 0.694. The van der Waals surface area contributed by atoms with Crippen molar-refractivity contribution in [2.45, 2.75) is 11.8 Å². The predicted molar refractivity (Wildman–Crippen MR) is 114 cm³/mol. The fourth-order valence-corrected chi connectivity index (χ4v) is 3.53. The number of pyridine rings is 1. The van der Waals surface area contributed by atoms with Crippen LogP contribution in [0, 0.1) is 11.3 Å². The van der Waals surface area contributed by atoms with Gasteiger partial charge in [-0.25, -0.2) is 0 Å². The Morgan fingerprint density at radius 2 is 2.00 bits per heavy atom. The number of carbonyl (C=O) groups is 1. The molecule has 0 unspecified atom stereocenters. The Balaban J connectivity index is 1.33. The zero-order valence-electron chi connectivity index (χ0n) is 15.9. The molecule has 2 heterocycles. The van der Waals surface area contributed by atoms with Crippen molar-refractivity contribution in [3.05, 3.63) is 84.1 Å². The van der Waals surface area contributed by atoms with Gasteiger partial charge in [-0.05, 0) is 42.0 Å². The van der Waals surface area contributed by atoms with Gasteiger partial charge in [0.15, 0.2) is 10.8 Å². The smallest absolute Gasteiger partial charge is 0.234 e. The van der Waals surface area contributed by atoms with Crippen LogP contribution in [0.1, 0.15) is 11.1 Å². The van der Waals surface area contributed by atoms with E-state index >= 15 is 0 Å². The molecule has 8 heteroatoms. The van der Waals surface area contributed by atoms with Crippen molar-refractivity contribution in [1.29, 1.82) is 5.26 Å². The van der Waals surface area contributed by atoms with Crippen molar-refractivity contribution < 1.29 is 9.53 Å². The highest BCUT2D eigenvalue weighted by Crippen LogP contribution is 2.21. The third-order valence-corrected chi connectivity index (χ3v) is 5.14. The molecular weight excluding hydrogens is 398 g/mol. The maximum Gasteiger partial charge on any atom is 0.234 e. The second kappa shape index (κ2) is 9.11. The number of carbonyl (C=O) groups excluding carboxylic acids is 1. The molecular formula is C22H17N5O2S. The number of nitrogens with zero attached hydrogens (tertiary/aromatic N) is 4. The quantitative estimate of drug-likeness (QED) is 0.460. The SMILES string of the molecule is N#Cc1cccc(COc2cccc(NC(=O)CSc3nnc4ccccn34)c2)c1. The standard InChI is InChI=1S/C22H17N5O2S/c23-13-16-5-3-6-17(11-16)14-29-19-8-4-7-18(12-19)24-21(28)15-30-22-26-25-20-9-1-2-10-27(20)22/h1-12H,14-15H2,(H,24,28). The number of hydrogen-bond acceptors (Lipinski definition) is 6. The molecule has 0 aliphatic heterocycles. The van der Waals surface area contributed by atoms with Crippen LogP contribution in [-0.4, -0.2) is 26.3 Å². The van der Waals surface area contributed by atoms with Crippen molar-refractivity contribution in [1.82, 2.24) is 14.6 Å². The summed E-state index contributed by atoms with van der Waals surface area (Å²) in [6.45, 7) is 0.336. The number of rotatable bonds is 7. The molecule has 4 rings (SSSR count). The molecule has 4 aromatic rings. The summed E-state index contributed by atoms with van der Waals surface area (Å²) in [6.07, 6.45) is 1.86. The third kappa shape index (κ3) is 4.77. The minimum atomic E-state index is -0.147. The number of benzene rings is 2. The average molecular weight is 415 g/mol. The van der Waals surface area contributed by atoms with Gasteiger partial charge in [0.1, 0.15) is 12.4 Å². The van der Waals surface area contributed by atoms with Gasteiger partial charge >= 0.3 is 0 Å². The van der Waals surface area contributed by atoms with E-state index in [-0.39, 0.29) is 11.7 Å². The predicted octanol–water partition coefficient (Wildman–Crippen LogP) is 3.91. The molecule has 1 N–H and O–H groups in total. The number of anilines is 1. The number of thioether (sulfide) groups is 1. The summed E-state index contributed by atoms with van der Waals surface area (Å²) in [4.78, 5) is 12.3. The van der Waals surface area contributed by atoms with Crippen LogP contribution in [0.4, 0.5) is 5.69 Å². The van der Waals surface area contributed by atoms with E-state index < -0.39 is 0 Å². The van der Waals surface area contributed by atoms with Crippen LogP contribution in [0.25, 0.3) is 5.65 Å². The largest absolute Gasteiger partial charge is 0.489 e. The molecule has 0 fully saturated rings. The molecule has 7 nitrogen and oxygen atoms in total. The van der Waals surface area contributed by atoms with Crippen LogP contribution >= 0.6 is 11.8 Å². The molecule has 148 valence electrons. The number of fused-ring (bicyclic) bond motifs is 1. The number of nitrogens with one attached hydrogen (secondary N) is 1. The number of hydrogen-bond donors (Lipinski definition) is 1. The van der Waals surface area contributed by atoms with E-state index in [0.717, 1.165) is 11.2 Å². The van der Waals surface area contributed by atoms with Crippen molar-refractivity contribution in [2.75, 3.05) is 11.1 Å². The Morgan fingerprint density at radius 3 is 2.90 bits per heavy atom. The summed E-state index contributed by atoms with van der Waals surface area (Å²) in [5.41, 5.74) is 2.89. The maximum atomic E-state index is 12.3. The normalized spacial score (nSPS) is 10.5. The minimum absolute atomic E-state index is 0.147. The van der Waals surface area contributed by atoms with Crippen LogP contribution in [0.15, 0.2) is 78.1 Å². The Labute approximate surface area is 177 Å². The average Bonchev–Trinajstić information content (AvgIpc) is 3.20. The second-order valence-electron chi connectivity index (χ2n) is 6.38. The molecule has 0 atom stereocenters. The highest BCUT2D eigenvalue weighted by molar-refractivity contribution is 7.99. The summed E-state index contributed by atoms with van der Waals surface area (Å²) < 4.78 is 7.63. The first-order chi connectivity index (χ1) is 14.7. The first-order valence-corrected chi connectivity index (χ1v) is 10.1. The molecule has 1 amide bonds. The fraction of sp³-hybridized carbons (Fsp3) is 0.0909. The van der Waals surface area contributed by atoms with Crippen molar-refractivity contribution in [2.24, 2.45) is 0 Å². The van der Waals surface area contributed by atoms with Gasteiger partial charge in [-0.2, -0.15) is 5.26 Å². The first-order valence-electron chi connectivity index (χ1n) is 9.15. The first kappa shape index (κ1) is 19.5. The summed E-state index contributed by atoms with van der Waals surface area (Å²) in [6, 6.07) is 22.2. The molecule has 0 spiro atoms. The lowest BCUT2D eigenvalue weighted by atomic mass is 10.1. The van der Waals surface area contributed by atoms with Gasteiger partial charge in [0, 0.05) is 18.0 Å². The Hall–Kier alpha value is -3.83. The lowest BCUT2D eigenvalue weighted by molar-refractivity contribution is -0.113. The highest BCUT2D eigenvalue weighted by Gasteiger charge is 2.09. The number of nitriles is 1. The molecule has 0 radical (unpaired) electrons. The molecule has 2 aromatic heterocycles. The number of amides is 1. The van der Waals surface area contributed by atoms with E-state index in [2.05, 4.69) is 21.6 Å². The molecule has 0 saturated heterocycles. The fourth-order valence-electron chi connectivity index (χ4n) is 2.81. The Morgan fingerprint density at radius 1 is 1.10 bits per heavy atom. The molecule has 0 aliphatic carbocycles. The Kier molecular flexibility index (Phi) is 5.92.